The number of carbonyl (C=O) groups is 1. The number of imidazole rings is 1. The lowest BCUT2D eigenvalue weighted by atomic mass is 10.1. The van der Waals surface area contributed by atoms with Crippen LogP contribution in [0.4, 0.5) is 5.82 Å². The van der Waals surface area contributed by atoms with Crippen LogP contribution in [0, 0.1) is 0 Å². The zero-order chi connectivity index (χ0) is 24.5. The number of hydrogen-bond acceptors (Lipinski definition) is 5. The third-order valence-corrected chi connectivity index (χ3v) is 6.55. The Hall–Kier alpha value is -4.39. The van der Waals surface area contributed by atoms with Crippen LogP contribution in [0.1, 0.15) is 28.8 Å². The minimum atomic E-state index is -0.0137. The monoisotopic (exact) mass is 477 g/mol. The molecule has 1 fully saturated rings. The van der Waals surface area contributed by atoms with E-state index in [4.69, 9.17) is 14.7 Å². The maximum Gasteiger partial charge on any atom is 0.251 e. The molecule has 36 heavy (non-hydrogen) atoms. The van der Waals surface area contributed by atoms with Crippen molar-refractivity contribution in [1.82, 2.24) is 19.7 Å². The number of aromatic nitrogens is 3. The van der Waals surface area contributed by atoms with Gasteiger partial charge in [0.1, 0.15) is 5.75 Å². The molecule has 1 aliphatic carbocycles. The van der Waals surface area contributed by atoms with E-state index in [1.165, 1.54) is 5.56 Å². The van der Waals surface area contributed by atoms with E-state index in [2.05, 4.69) is 33.2 Å². The molecule has 0 unspecified atom stereocenters. The van der Waals surface area contributed by atoms with E-state index >= 15 is 0 Å². The summed E-state index contributed by atoms with van der Waals surface area (Å²) in [5.41, 5.74) is 6.48. The maximum atomic E-state index is 12.4. The molecule has 0 radical (unpaired) electrons. The molecule has 7 heteroatoms. The zero-order valence-electron chi connectivity index (χ0n) is 20.1. The number of fused-ring (bicyclic) bond motifs is 3. The van der Waals surface area contributed by atoms with Gasteiger partial charge in [0.25, 0.3) is 5.91 Å². The van der Waals surface area contributed by atoms with Crippen molar-refractivity contribution >= 4 is 28.4 Å². The van der Waals surface area contributed by atoms with Crippen LogP contribution < -0.4 is 15.4 Å². The van der Waals surface area contributed by atoms with Gasteiger partial charge in [-0.2, -0.15) is 0 Å². The molecular weight excluding hydrogens is 450 g/mol. The average molecular weight is 478 g/mol. The first kappa shape index (κ1) is 22.1. The highest BCUT2D eigenvalue weighted by Crippen LogP contribution is 2.29. The summed E-state index contributed by atoms with van der Waals surface area (Å²) < 4.78 is 7.39. The molecule has 7 nitrogen and oxygen atoms in total. The minimum Gasteiger partial charge on any atom is -0.497 e. The number of rotatable bonds is 8. The standard InChI is InChI=1S/C29H27N5O2/c1-36-23-14-6-19(7-15-23)16-17-30-27-28-31-18-26(34(28)25-5-3-2-4-24(25)33-27)20-8-10-21(11-9-20)29(35)32-22-12-13-22/h2-11,14-15,18,22H,12-13,16-17H2,1H3,(H,30,33)(H,32,35). The van der Waals surface area contributed by atoms with Gasteiger partial charge in [-0.25, -0.2) is 9.97 Å². The van der Waals surface area contributed by atoms with Crippen LogP contribution in [0.25, 0.3) is 27.9 Å². The first-order chi connectivity index (χ1) is 17.7. The molecule has 2 heterocycles. The van der Waals surface area contributed by atoms with E-state index in [1.54, 1.807) is 7.11 Å². The first-order valence-corrected chi connectivity index (χ1v) is 12.2. The largest absolute Gasteiger partial charge is 0.497 e. The summed E-state index contributed by atoms with van der Waals surface area (Å²) >= 11 is 0. The third-order valence-electron chi connectivity index (χ3n) is 6.55. The van der Waals surface area contributed by atoms with Crippen molar-refractivity contribution in [1.29, 1.82) is 0 Å². The summed E-state index contributed by atoms with van der Waals surface area (Å²) in [6.07, 6.45) is 4.87. The summed E-state index contributed by atoms with van der Waals surface area (Å²) in [5, 5.41) is 6.53. The Labute approximate surface area is 209 Å². The van der Waals surface area contributed by atoms with E-state index in [9.17, 15) is 4.79 Å². The quantitative estimate of drug-likeness (QED) is 0.325. The Morgan fingerprint density at radius 3 is 2.56 bits per heavy atom. The number of carbonyl (C=O) groups excluding carboxylic acids is 1. The van der Waals surface area contributed by atoms with Crippen LogP contribution >= 0.6 is 0 Å². The average Bonchev–Trinajstić information content (AvgIpc) is 3.62. The van der Waals surface area contributed by atoms with E-state index < -0.39 is 0 Å². The van der Waals surface area contributed by atoms with E-state index in [-0.39, 0.29) is 5.91 Å². The van der Waals surface area contributed by atoms with Crippen molar-refractivity contribution in [2.24, 2.45) is 0 Å². The van der Waals surface area contributed by atoms with Gasteiger partial charge in [0.15, 0.2) is 11.5 Å². The number of ether oxygens (including phenoxy) is 1. The van der Waals surface area contributed by atoms with Gasteiger partial charge >= 0.3 is 0 Å². The van der Waals surface area contributed by atoms with Gasteiger partial charge in [0.05, 0.1) is 30.0 Å². The molecule has 5 aromatic rings. The van der Waals surface area contributed by atoms with Crippen molar-refractivity contribution in [2.45, 2.75) is 25.3 Å². The molecule has 1 saturated carbocycles. The Kier molecular flexibility index (Phi) is 5.73. The first-order valence-electron chi connectivity index (χ1n) is 12.2. The second-order valence-electron chi connectivity index (χ2n) is 9.10. The number of benzene rings is 3. The number of anilines is 1. The molecule has 3 aromatic carbocycles. The second kappa shape index (κ2) is 9.34. The molecule has 6 rings (SSSR count). The Morgan fingerprint density at radius 2 is 1.81 bits per heavy atom. The van der Waals surface area contributed by atoms with Crippen LogP contribution in [0.3, 0.4) is 0 Å². The number of amides is 1. The van der Waals surface area contributed by atoms with Gasteiger partial charge in [-0.3, -0.25) is 9.20 Å². The number of hydrogen-bond donors (Lipinski definition) is 2. The lowest BCUT2D eigenvalue weighted by molar-refractivity contribution is 0.0951. The molecule has 1 aliphatic rings. The van der Waals surface area contributed by atoms with Crippen LogP contribution in [0.2, 0.25) is 0 Å². The van der Waals surface area contributed by atoms with E-state index in [0.29, 0.717) is 11.6 Å². The highest BCUT2D eigenvalue weighted by Gasteiger charge is 2.23. The molecule has 0 atom stereocenters. The lowest BCUT2D eigenvalue weighted by Crippen LogP contribution is -2.25. The molecular formula is C29H27N5O2. The van der Waals surface area contributed by atoms with Gasteiger partial charge in [-0.05, 0) is 61.2 Å². The van der Waals surface area contributed by atoms with E-state index in [1.807, 2.05) is 60.8 Å². The topological polar surface area (TPSA) is 80.5 Å². The van der Waals surface area contributed by atoms with E-state index in [0.717, 1.165) is 65.3 Å². The second-order valence-corrected chi connectivity index (χ2v) is 9.10. The van der Waals surface area contributed by atoms with Crippen molar-refractivity contribution in [3.8, 4) is 17.0 Å². The highest BCUT2D eigenvalue weighted by molar-refractivity contribution is 5.95. The smallest absolute Gasteiger partial charge is 0.251 e. The van der Waals surface area contributed by atoms with Crippen LogP contribution in [-0.4, -0.2) is 40.0 Å². The van der Waals surface area contributed by atoms with Crippen LogP contribution in [0.5, 0.6) is 5.75 Å². The Balaban J connectivity index is 1.30. The summed E-state index contributed by atoms with van der Waals surface area (Å²) in [6, 6.07) is 24.2. The predicted molar refractivity (Wildman–Crippen MR) is 142 cm³/mol. The Bertz CT molecular complexity index is 1540. The van der Waals surface area contributed by atoms with Crippen LogP contribution in [-0.2, 0) is 6.42 Å². The molecule has 0 bridgehead atoms. The number of para-hydroxylation sites is 2. The van der Waals surface area contributed by atoms with Gasteiger partial charge in [-0.1, -0.05) is 36.4 Å². The van der Waals surface area contributed by atoms with Crippen LogP contribution in [0.15, 0.2) is 79.0 Å². The summed E-state index contributed by atoms with van der Waals surface area (Å²) in [6.45, 7) is 0.723. The number of methoxy groups -OCH3 is 1. The molecule has 0 aliphatic heterocycles. The molecule has 180 valence electrons. The zero-order valence-corrected chi connectivity index (χ0v) is 20.1. The normalized spacial score (nSPS) is 13.1. The molecule has 1 amide bonds. The summed E-state index contributed by atoms with van der Waals surface area (Å²) in [5.74, 6) is 1.58. The lowest BCUT2D eigenvalue weighted by Gasteiger charge is -2.12. The minimum absolute atomic E-state index is 0.0137. The fourth-order valence-electron chi connectivity index (χ4n) is 4.41. The van der Waals surface area contributed by atoms with Crippen molar-refractivity contribution < 1.29 is 9.53 Å². The molecule has 0 saturated heterocycles. The highest BCUT2D eigenvalue weighted by atomic mass is 16.5. The number of nitrogens with one attached hydrogen (secondary N) is 2. The van der Waals surface area contributed by atoms with Crippen molar-refractivity contribution in [2.75, 3.05) is 19.0 Å². The van der Waals surface area contributed by atoms with Gasteiger partial charge < -0.3 is 15.4 Å². The fourth-order valence-corrected chi connectivity index (χ4v) is 4.41. The maximum absolute atomic E-state index is 12.4. The predicted octanol–water partition coefficient (Wildman–Crippen LogP) is 5.10. The van der Waals surface area contributed by atoms with Gasteiger partial charge in [0, 0.05) is 23.7 Å². The Morgan fingerprint density at radius 1 is 1.03 bits per heavy atom. The number of nitrogens with zero attached hydrogens (tertiary/aromatic N) is 3. The van der Waals surface area contributed by atoms with Crippen molar-refractivity contribution in [3.05, 3.63) is 90.1 Å². The molecule has 0 spiro atoms. The van der Waals surface area contributed by atoms with Gasteiger partial charge in [-0.15, -0.1) is 0 Å². The van der Waals surface area contributed by atoms with Crippen molar-refractivity contribution in [3.63, 3.8) is 0 Å². The summed E-state index contributed by atoms with van der Waals surface area (Å²) in [7, 11) is 1.67. The molecule has 2 N–H and O–H groups in total. The molecule has 2 aromatic heterocycles. The SMILES string of the molecule is COc1ccc(CCNc2nc3ccccc3n3c(-c4ccc(C(=O)NC5CC5)cc4)cnc23)cc1. The fraction of sp³-hybridized carbons (Fsp3) is 0.207. The van der Waals surface area contributed by atoms with Gasteiger partial charge in [0.2, 0.25) is 0 Å². The third kappa shape index (κ3) is 4.35. The summed E-state index contributed by atoms with van der Waals surface area (Å²) in [4.78, 5) is 22.0.